The first-order valence-electron chi connectivity index (χ1n) is 6.81. The van der Waals surface area contributed by atoms with Crippen molar-refractivity contribution in [1.29, 1.82) is 0 Å². The van der Waals surface area contributed by atoms with Crippen molar-refractivity contribution in [3.05, 3.63) is 23.8 Å². The second-order valence-electron chi connectivity index (χ2n) is 4.24. The molecule has 0 aliphatic carbocycles. The molecule has 0 unspecified atom stereocenters. The molecule has 0 bridgehead atoms. The fraction of sp³-hybridized carbons (Fsp3) is 0.600. The third kappa shape index (κ3) is 4.57. The maximum absolute atomic E-state index is 9.32. The van der Waals surface area contributed by atoms with Crippen molar-refractivity contribution in [2.24, 2.45) is 0 Å². The van der Waals surface area contributed by atoms with Gasteiger partial charge in [0.15, 0.2) is 11.5 Å². The molecule has 18 heavy (non-hydrogen) atoms. The van der Waals surface area contributed by atoms with E-state index in [4.69, 9.17) is 9.47 Å². The van der Waals surface area contributed by atoms with E-state index < -0.39 is 0 Å². The number of para-hydroxylation sites is 1. The number of aliphatic hydroxyl groups is 1. The molecule has 1 rings (SSSR count). The minimum Gasteiger partial charge on any atom is -0.490 e. The SMILES string of the molecule is CCCCCCOc1c(CO)cccc1OCC. The van der Waals surface area contributed by atoms with Gasteiger partial charge in [-0.25, -0.2) is 0 Å². The van der Waals surface area contributed by atoms with Crippen molar-refractivity contribution in [2.45, 2.75) is 46.1 Å². The summed E-state index contributed by atoms with van der Waals surface area (Å²) >= 11 is 0. The summed E-state index contributed by atoms with van der Waals surface area (Å²) in [5, 5.41) is 9.32. The van der Waals surface area contributed by atoms with Gasteiger partial charge in [0.2, 0.25) is 0 Å². The third-order valence-electron chi connectivity index (χ3n) is 2.77. The molecular formula is C15H24O3. The van der Waals surface area contributed by atoms with E-state index in [1.165, 1.54) is 19.3 Å². The molecule has 0 atom stereocenters. The van der Waals surface area contributed by atoms with Gasteiger partial charge in [0, 0.05) is 5.56 Å². The van der Waals surface area contributed by atoms with Crippen LogP contribution in [0.2, 0.25) is 0 Å². The standard InChI is InChI=1S/C15H24O3/c1-3-5-6-7-11-18-15-13(12-16)9-8-10-14(15)17-4-2/h8-10,16H,3-7,11-12H2,1-2H3. The Kier molecular flexibility index (Phi) is 7.26. The number of aliphatic hydroxyl groups excluding tert-OH is 1. The van der Waals surface area contributed by atoms with E-state index in [0.717, 1.165) is 17.7 Å². The highest BCUT2D eigenvalue weighted by molar-refractivity contribution is 5.46. The highest BCUT2D eigenvalue weighted by atomic mass is 16.5. The van der Waals surface area contributed by atoms with Crippen molar-refractivity contribution >= 4 is 0 Å². The van der Waals surface area contributed by atoms with Crippen LogP contribution in [0.3, 0.4) is 0 Å². The first-order valence-corrected chi connectivity index (χ1v) is 6.81. The van der Waals surface area contributed by atoms with Crippen LogP contribution in [0, 0.1) is 0 Å². The molecule has 0 saturated carbocycles. The summed E-state index contributed by atoms with van der Waals surface area (Å²) in [6, 6.07) is 5.62. The lowest BCUT2D eigenvalue weighted by Crippen LogP contribution is -2.04. The van der Waals surface area contributed by atoms with Gasteiger partial charge in [-0.2, -0.15) is 0 Å². The predicted molar refractivity (Wildman–Crippen MR) is 73.2 cm³/mol. The summed E-state index contributed by atoms with van der Waals surface area (Å²) in [6.07, 6.45) is 4.68. The van der Waals surface area contributed by atoms with Gasteiger partial charge in [0.25, 0.3) is 0 Å². The predicted octanol–water partition coefficient (Wildman–Crippen LogP) is 3.54. The molecular weight excluding hydrogens is 228 g/mol. The zero-order chi connectivity index (χ0) is 13.2. The maximum atomic E-state index is 9.32. The number of hydrogen-bond donors (Lipinski definition) is 1. The van der Waals surface area contributed by atoms with Crippen molar-refractivity contribution in [1.82, 2.24) is 0 Å². The van der Waals surface area contributed by atoms with Crippen LogP contribution in [0.4, 0.5) is 0 Å². The van der Waals surface area contributed by atoms with Gasteiger partial charge in [-0.1, -0.05) is 38.3 Å². The fourth-order valence-electron chi connectivity index (χ4n) is 1.82. The number of unbranched alkanes of at least 4 members (excludes halogenated alkanes) is 3. The number of rotatable bonds is 9. The van der Waals surface area contributed by atoms with Gasteiger partial charge >= 0.3 is 0 Å². The molecule has 1 N–H and O–H groups in total. The number of ether oxygens (including phenoxy) is 2. The third-order valence-corrected chi connectivity index (χ3v) is 2.77. The summed E-state index contributed by atoms with van der Waals surface area (Å²) in [4.78, 5) is 0. The van der Waals surface area contributed by atoms with Crippen LogP contribution in [-0.2, 0) is 6.61 Å². The Morgan fingerprint density at radius 1 is 1.06 bits per heavy atom. The van der Waals surface area contributed by atoms with Gasteiger partial charge in [-0.05, 0) is 19.4 Å². The molecule has 0 heterocycles. The molecule has 0 aromatic heterocycles. The van der Waals surface area contributed by atoms with E-state index >= 15 is 0 Å². The van der Waals surface area contributed by atoms with Crippen molar-refractivity contribution < 1.29 is 14.6 Å². The molecule has 1 aromatic carbocycles. The molecule has 3 nitrogen and oxygen atoms in total. The fourth-order valence-corrected chi connectivity index (χ4v) is 1.82. The highest BCUT2D eigenvalue weighted by Gasteiger charge is 2.09. The van der Waals surface area contributed by atoms with Crippen LogP contribution in [0.15, 0.2) is 18.2 Å². The first kappa shape index (κ1) is 14.8. The van der Waals surface area contributed by atoms with Crippen LogP contribution < -0.4 is 9.47 Å². The molecule has 0 radical (unpaired) electrons. The van der Waals surface area contributed by atoms with Gasteiger partial charge in [0.05, 0.1) is 19.8 Å². The molecule has 0 amide bonds. The quantitative estimate of drug-likeness (QED) is 0.683. The van der Waals surface area contributed by atoms with Gasteiger partial charge in [-0.3, -0.25) is 0 Å². The average molecular weight is 252 g/mol. The Balaban J connectivity index is 2.60. The van der Waals surface area contributed by atoms with Gasteiger partial charge in [0.1, 0.15) is 0 Å². The van der Waals surface area contributed by atoms with E-state index in [2.05, 4.69) is 6.92 Å². The van der Waals surface area contributed by atoms with Crippen LogP contribution in [0.25, 0.3) is 0 Å². The van der Waals surface area contributed by atoms with Crippen molar-refractivity contribution in [3.8, 4) is 11.5 Å². The molecule has 0 fully saturated rings. The van der Waals surface area contributed by atoms with E-state index in [1.54, 1.807) is 0 Å². The molecule has 0 aliphatic rings. The van der Waals surface area contributed by atoms with Crippen LogP contribution >= 0.6 is 0 Å². The number of hydrogen-bond acceptors (Lipinski definition) is 3. The zero-order valence-corrected chi connectivity index (χ0v) is 11.4. The maximum Gasteiger partial charge on any atom is 0.166 e. The lowest BCUT2D eigenvalue weighted by Gasteiger charge is -2.14. The molecule has 0 aliphatic heterocycles. The lowest BCUT2D eigenvalue weighted by molar-refractivity contribution is 0.245. The lowest BCUT2D eigenvalue weighted by atomic mass is 10.2. The summed E-state index contributed by atoms with van der Waals surface area (Å²) < 4.78 is 11.3. The minimum absolute atomic E-state index is 0.0226. The second-order valence-corrected chi connectivity index (χ2v) is 4.24. The normalized spacial score (nSPS) is 10.4. The summed E-state index contributed by atoms with van der Waals surface area (Å²) in [6.45, 7) is 5.38. The van der Waals surface area contributed by atoms with Crippen LogP contribution in [-0.4, -0.2) is 18.3 Å². The second kappa shape index (κ2) is 8.81. The highest BCUT2D eigenvalue weighted by Crippen LogP contribution is 2.31. The molecule has 102 valence electrons. The van der Waals surface area contributed by atoms with Gasteiger partial charge < -0.3 is 14.6 Å². The Morgan fingerprint density at radius 3 is 2.56 bits per heavy atom. The van der Waals surface area contributed by atoms with E-state index in [0.29, 0.717) is 19.0 Å². The Hall–Kier alpha value is -1.22. The van der Waals surface area contributed by atoms with Crippen molar-refractivity contribution in [2.75, 3.05) is 13.2 Å². The first-order chi connectivity index (χ1) is 8.83. The average Bonchev–Trinajstić information content (AvgIpc) is 2.40. The van der Waals surface area contributed by atoms with E-state index in [9.17, 15) is 5.11 Å². The smallest absolute Gasteiger partial charge is 0.166 e. The Bertz CT molecular complexity index is 337. The monoisotopic (exact) mass is 252 g/mol. The van der Waals surface area contributed by atoms with E-state index in [1.807, 2.05) is 25.1 Å². The summed E-state index contributed by atoms with van der Waals surface area (Å²) in [5.41, 5.74) is 0.788. The zero-order valence-electron chi connectivity index (χ0n) is 11.4. The van der Waals surface area contributed by atoms with Crippen LogP contribution in [0.1, 0.15) is 45.1 Å². The van der Waals surface area contributed by atoms with E-state index in [-0.39, 0.29) is 6.61 Å². The Morgan fingerprint density at radius 2 is 1.89 bits per heavy atom. The molecule has 0 spiro atoms. The van der Waals surface area contributed by atoms with Crippen LogP contribution in [0.5, 0.6) is 11.5 Å². The molecule has 3 heteroatoms. The minimum atomic E-state index is -0.0226. The molecule has 0 saturated heterocycles. The molecule has 1 aromatic rings. The van der Waals surface area contributed by atoms with Gasteiger partial charge in [-0.15, -0.1) is 0 Å². The Labute approximate surface area is 110 Å². The summed E-state index contributed by atoms with van der Waals surface area (Å²) in [5.74, 6) is 1.41. The number of benzene rings is 1. The largest absolute Gasteiger partial charge is 0.490 e. The summed E-state index contributed by atoms with van der Waals surface area (Å²) in [7, 11) is 0. The topological polar surface area (TPSA) is 38.7 Å². The van der Waals surface area contributed by atoms with Crippen molar-refractivity contribution in [3.63, 3.8) is 0 Å².